The molecule has 0 saturated heterocycles. The Balaban J connectivity index is -0.000000180. The van der Waals surface area contributed by atoms with Crippen LogP contribution in [0.5, 0.6) is 0 Å². The zero-order chi connectivity index (χ0) is 5.86. The number of carboxylic acid groups (broad SMARTS) is 1. The molecule has 0 bridgehead atoms. The van der Waals surface area contributed by atoms with E-state index in [1.807, 2.05) is 0 Å². The van der Waals surface area contributed by atoms with E-state index >= 15 is 0 Å². The molecular formula is C3H11ClN2O3. The van der Waals surface area contributed by atoms with Crippen molar-refractivity contribution in [2.24, 2.45) is 5.73 Å². The number of carbonyl (C=O) groups is 1. The summed E-state index contributed by atoms with van der Waals surface area (Å²) in [6.07, 6.45) is 0. The van der Waals surface area contributed by atoms with Crippen molar-refractivity contribution >= 4 is 18.4 Å². The maximum Gasteiger partial charge on any atom is 0.322 e. The SMILES string of the molecule is Cl.N.N[C@@H](CO)C(=O)O. The van der Waals surface area contributed by atoms with Crippen molar-refractivity contribution in [1.29, 1.82) is 0 Å². The van der Waals surface area contributed by atoms with Gasteiger partial charge in [-0.3, -0.25) is 4.79 Å². The predicted octanol–water partition coefficient (Wildman–Crippen LogP) is -1.03. The van der Waals surface area contributed by atoms with E-state index in [0.717, 1.165) is 0 Å². The fraction of sp³-hybridized carbons (Fsp3) is 0.667. The summed E-state index contributed by atoms with van der Waals surface area (Å²) in [5, 5.41) is 15.9. The Morgan fingerprint density at radius 2 is 2.00 bits per heavy atom. The molecule has 9 heavy (non-hydrogen) atoms. The zero-order valence-electron chi connectivity index (χ0n) is 4.78. The van der Waals surface area contributed by atoms with Gasteiger partial charge in [-0.2, -0.15) is 0 Å². The second-order valence-electron chi connectivity index (χ2n) is 1.13. The maximum atomic E-state index is 9.65. The molecule has 5 nitrogen and oxygen atoms in total. The highest BCUT2D eigenvalue weighted by Gasteiger charge is 2.06. The molecule has 0 aliphatic rings. The lowest BCUT2D eigenvalue weighted by Crippen LogP contribution is -2.33. The van der Waals surface area contributed by atoms with Crippen LogP contribution in [-0.4, -0.2) is 28.8 Å². The van der Waals surface area contributed by atoms with Crippen LogP contribution < -0.4 is 11.9 Å². The highest BCUT2D eigenvalue weighted by Crippen LogP contribution is 1.71. The van der Waals surface area contributed by atoms with Crippen LogP contribution in [0.3, 0.4) is 0 Å². The van der Waals surface area contributed by atoms with Gasteiger partial charge in [-0.1, -0.05) is 0 Å². The molecule has 0 radical (unpaired) electrons. The van der Waals surface area contributed by atoms with Crippen LogP contribution in [0.2, 0.25) is 0 Å². The largest absolute Gasteiger partial charge is 0.480 e. The number of rotatable bonds is 2. The molecule has 0 rings (SSSR count). The van der Waals surface area contributed by atoms with Crippen molar-refractivity contribution in [3.63, 3.8) is 0 Å². The Morgan fingerprint density at radius 3 is 2.00 bits per heavy atom. The third-order valence-electron chi connectivity index (χ3n) is 0.514. The number of aliphatic hydroxyl groups excluding tert-OH is 1. The average Bonchev–Trinajstić information content (AvgIpc) is 1.65. The molecule has 0 saturated carbocycles. The summed E-state index contributed by atoms with van der Waals surface area (Å²) in [4.78, 5) is 9.65. The Hall–Kier alpha value is -0.360. The fourth-order valence-corrected chi connectivity index (χ4v) is 0.0781. The molecule has 1 atom stereocenters. The zero-order valence-corrected chi connectivity index (χ0v) is 5.60. The van der Waals surface area contributed by atoms with Crippen molar-refractivity contribution in [2.75, 3.05) is 6.61 Å². The van der Waals surface area contributed by atoms with Gasteiger partial charge in [0.1, 0.15) is 6.04 Å². The van der Waals surface area contributed by atoms with Gasteiger partial charge in [-0.25, -0.2) is 0 Å². The Labute approximate surface area is 58.8 Å². The van der Waals surface area contributed by atoms with Gasteiger partial charge in [-0.15, -0.1) is 12.4 Å². The minimum atomic E-state index is -1.18. The molecule has 0 aliphatic heterocycles. The summed E-state index contributed by atoms with van der Waals surface area (Å²) >= 11 is 0. The predicted molar refractivity (Wildman–Crippen MR) is 35.0 cm³/mol. The molecule has 6 heteroatoms. The summed E-state index contributed by atoms with van der Waals surface area (Å²) in [7, 11) is 0. The highest BCUT2D eigenvalue weighted by molar-refractivity contribution is 5.85. The number of hydrogen-bond acceptors (Lipinski definition) is 4. The lowest BCUT2D eigenvalue weighted by molar-refractivity contribution is -0.139. The fourth-order valence-electron chi connectivity index (χ4n) is 0.0781. The topological polar surface area (TPSA) is 119 Å². The van der Waals surface area contributed by atoms with Gasteiger partial charge in [0.15, 0.2) is 0 Å². The Bertz CT molecular complexity index is 79.5. The third kappa shape index (κ3) is 7.64. The number of halogens is 1. The summed E-state index contributed by atoms with van der Waals surface area (Å²) in [6.45, 7) is -0.505. The van der Waals surface area contributed by atoms with E-state index in [2.05, 4.69) is 0 Å². The Morgan fingerprint density at radius 1 is 1.67 bits per heavy atom. The van der Waals surface area contributed by atoms with E-state index in [1.165, 1.54) is 0 Å². The van der Waals surface area contributed by atoms with Crippen LogP contribution in [0, 0.1) is 0 Å². The monoisotopic (exact) mass is 158 g/mol. The number of carboxylic acids is 1. The van der Waals surface area contributed by atoms with E-state index in [0.29, 0.717) is 0 Å². The molecule has 0 unspecified atom stereocenters. The first-order chi connectivity index (χ1) is 3.18. The first-order valence-corrected chi connectivity index (χ1v) is 1.77. The van der Waals surface area contributed by atoms with E-state index in [1.54, 1.807) is 0 Å². The minimum Gasteiger partial charge on any atom is -0.480 e. The molecular weight excluding hydrogens is 147 g/mol. The second-order valence-corrected chi connectivity index (χ2v) is 1.13. The molecule has 0 aromatic rings. The average molecular weight is 159 g/mol. The van der Waals surface area contributed by atoms with Gasteiger partial charge in [0.2, 0.25) is 0 Å². The van der Waals surface area contributed by atoms with Crippen molar-refractivity contribution in [3.8, 4) is 0 Å². The summed E-state index contributed by atoms with van der Waals surface area (Å²) in [6, 6.07) is -1.13. The highest BCUT2D eigenvalue weighted by atomic mass is 35.5. The van der Waals surface area contributed by atoms with Gasteiger partial charge >= 0.3 is 5.97 Å². The van der Waals surface area contributed by atoms with E-state index in [9.17, 15) is 4.79 Å². The normalized spacial score (nSPS) is 10.4. The van der Waals surface area contributed by atoms with Crippen molar-refractivity contribution < 1.29 is 15.0 Å². The summed E-state index contributed by atoms with van der Waals surface area (Å²) in [5.74, 6) is -1.18. The summed E-state index contributed by atoms with van der Waals surface area (Å²) in [5.41, 5.74) is 4.77. The number of aliphatic hydroxyl groups is 1. The molecule has 58 valence electrons. The Kier molecular flexibility index (Phi) is 13.5. The van der Waals surface area contributed by atoms with Crippen LogP contribution in [0.25, 0.3) is 0 Å². The van der Waals surface area contributed by atoms with Gasteiger partial charge in [0.25, 0.3) is 0 Å². The van der Waals surface area contributed by atoms with Gasteiger partial charge in [0.05, 0.1) is 6.61 Å². The van der Waals surface area contributed by atoms with Crippen LogP contribution in [0.4, 0.5) is 0 Å². The maximum absolute atomic E-state index is 9.65. The van der Waals surface area contributed by atoms with Gasteiger partial charge in [0, 0.05) is 0 Å². The molecule has 7 N–H and O–H groups in total. The van der Waals surface area contributed by atoms with Crippen LogP contribution in [0.15, 0.2) is 0 Å². The quantitative estimate of drug-likeness (QED) is 0.410. The van der Waals surface area contributed by atoms with E-state index in [-0.39, 0.29) is 18.6 Å². The molecule has 0 aliphatic carbocycles. The van der Waals surface area contributed by atoms with Gasteiger partial charge in [-0.05, 0) is 0 Å². The van der Waals surface area contributed by atoms with Crippen molar-refractivity contribution in [2.45, 2.75) is 6.04 Å². The second kappa shape index (κ2) is 7.64. The van der Waals surface area contributed by atoms with E-state index < -0.39 is 18.6 Å². The van der Waals surface area contributed by atoms with Crippen LogP contribution in [0.1, 0.15) is 0 Å². The van der Waals surface area contributed by atoms with Crippen molar-refractivity contribution in [3.05, 3.63) is 0 Å². The minimum absolute atomic E-state index is 0. The first-order valence-electron chi connectivity index (χ1n) is 1.77. The first kappa shape index (κ1) is 15.9. The summed E-state index contributed by atoms with van der Waals surface area (Å²) < 4.78 is 0. The van der Waals surface area contributed by atoms with Crippen molar-refractivity contribution in [1.82, 2.24) is 6.15 Å². The third-order valence-corrected chi connectivity index (χ3v) is 0.514. The number of aliphatic carboxylic acids is 1. The number of hydrogen-bond donors (Lipinski definition) is 4. The molecule has 0 amide bonds. The lowest BCUT2D eigenvalue weighted by atomic mass is 10.3. The molecule has 0 heterocycles. The standard InChI is InChI=1S/C3H7NO3.ClH.H3N/c4-2(1-5)3(6)7;;/h2,5H,1,4H2,(H,6,7);1H;1H3/t2-;;/m0../s1. The molecule has 0 aromatic heterocycles. The van der Waals surface area contributed by atoms with E-state index in [4.69, 9.17) is 15.9 Å². The van der Waals surface area contributed by atoms with Crippen LogP contribution in [-0.2, 0) is 4.79 Å². The smallest absolute Gasteiger partial charge is 0.322 e. The molecule has 0 aromatic carbocycles. The lowest BCUT2D eigenvalue weighted by Gasteiger charge is -1.96. The molecule has 0 spiro atoms. The van der Waals surface area contributed by atoms with Crippen LogP contribution >= 0.6 is 12.4 Å². The number of nitrogens with two attached hydrogens (primary N) is 1. The molecule has 0 fully saturated rings. The van der Waals surface area contributed by atoms with Gasteiger partial charge < -0.3 is 22.1 Å².